The largest absolute Gasteiger partial charge is 0.484 e. The first kappa shape index (κ1) is 15.0. The zero-order valence-corrected chi connectivity index (χ0v) is 12.6. The number of aromatic nitrogens is 4. The van der Waals surface area contributed by atoms with Crippen LogP contribution in [0.25, 0.3) is 5.69 Å². The summed E-state index contributed by atoms with van der Waals surface area (Å²) in [6, 6.07) is 14.2. The van der Waals surface area contributed by atoms with Crippen molar-refractivity contribution in [2.75, 3.05) is 11.9 Å². The minimum Gasteiger partial charge on any atom is -0.484 e. The maximum atomic E-state index is 12.0. The van der Waals surface area contributed by atoms with Crippen molar-refractivity contribution < 1.29 is 9.53 Å². The second-order valence-corrected chi connectivity index (χ2v) is 4.98. The van der Waals surface area contributed by atoms with Crippen molar-refractivity contribution >= 4 is 23.2 Å². The van der Waals surface area contributed by atoms with Crippen LogP contribution in [0, 0.1) is 0 Å². The molecule has 0 radical (unpaired) electrons. The maximum Gasteiger partial charge on any atom is 0.262 e. The molecule has 8 heteroatoms. The summed E-state index contributed by atoms with van der Waals surface area (Å²) in [5.41, 5.74) is 1.14. The van der Waals surface area contributed by atoms with E-state index in [1.807, 2.05) is 18.2 Å². The molecule has 1 amide bonds. The number of amides is 1. The third-order valence-corrected chi connectivity index (χ3v) is 3.28. The van der Waals surface area contributed by atoms with E-state index in [2.05, 4.69) is 20.8 Å². The molecular weight excluding hydrogens is 318 g/mol. The van der Waals surface area contributed by atoms with Gasteiger partial charge in [-0.1, -0.05) is 29.8 Å². The molecular formula is C15H12ClN5O2. The molecule has 0 aliphatic carbocycles. The van der Waals surface area contributed by atoms with Gasteiger partial charge in [-0.15, -0.1) is 5.10 Å². The first-order valence-corrected chi connectivity index (χ1v) is 7.11. The topological polar surface area (TPSA) is 81.9 Å². The summed E-state index contributed by atoms with van der Waals surface area (Å²) in [4.78, 5) is 12.0. The van der Waals surface area contributed by atoms with E-state index in [9.17, 15) is 4.79 Å². The number of hydrogen-bond acceptors (Lipinski definition) is 5. The fourth-order valence-electron chi connectivity index (χ4n) is 1.88. The highest BCUT2D eigenvalue weighted by Gasteiger charge is 2.09. The Morgan fingerprint density at radius 1 is 1.22 bits per heavy atom. The van der Waals surface area contributed by atoms with Crippen molar-refractivity contribution in [3.8, 4) is 11.4 Å². The summed E-state index contributed by atoms with van der Waals surface area (Å²) in [5.74, 6) is 0.306. The van der Waals surface area contributed by atoms with E-state index < -0.39 is 0 Å². The Morgan fingerprint density at radius 2 is 2.04 bits per heavy atom. The molecule has 0 aliphatic heterocycles. The van der Waals surface area contributed by atoms with Gasteiger partial charge in [-0.25, -0.2) is 4.68 Å². The minimum absolute atomic E-state index is 0.116. The lowest BCUT2D eigenvalue weighted by molar-refractivity contribution is -0.118. The maximum absolute atomic E-state index is 12.0. The molecule has 0 unspecified atom stereocenters. The molecule has 1 heterocycles. The number of tetrazole rings is 1. The fraction of sp³-hybridized carbons (Fsp3) is 0.0667. The molecule has 0 saturated heterocycles. The average Bonchev–Trinajstić information content (AvgIpc) is 3.10. The van der Waals surface area contributed by atoms with Crippen LogP contribution in [0.5, 0.6) is 5.75 Å². The van der Waals surface area contributed by atoms with E-state index in [4.69, 9.17) is 16.3 Å². The molecule has 3 aromatic rings. The summed E-state index contributed by atoms with van der Waals surface area (Å²) in [7, 11) is 0. The van der Waals surface area contributed by atoms with Crippen LogP contribution in [0.2, 0.25) is 5.02 Å². The smallest absolute Gasteiger partial charge is 0.262 e. The van der Waals surface area contributed by atoms with Crippen LogP contribution in [0.3, 0.4) is 0 Å². The lowest BCUT2D eigenvalue weighted by atomic mass is 10.2. The number of anilines is 1. The van der Waals surface area contributed by atoms with E-state index >= 15 is 0 Å². The van der Waals surface area contributed by atoms with Crippen molar-refractivity contribution in [3.05, 3.63) is 59.9 Å². The quantitative estimate of drug-likeness (QED) is 0.777. The van der Waals surface area contributed by atoms with Gasteiger partial charge in [-0.2, -0.15) is 0 Å². The first-order valence-electron chi connectivity index (χ1n) is 6.73. The SMILES string of the molecule is O=C(COc1ccccc1)Nc1cc(-n2cnnn2)ccc1Cl. The molecule has 0 aliphatic rings. The molecule has 1 N–H and O–H groups in total. The van der Waals surface area contributed by atoms with E-state index in [0.717, 1.165) is 0 Å². The molecule has 0 fully saturated rings. The zero-order chi connectivity index (χ0) is 16.1. The number of nitrogens with one attached hydrogen (secondary N) is 1. The van der Waals surface area contributed by atoms with Crippen molar-refractivity contribution in [1.82, 2.24) is 20.2 Å². The van der Waals surface area contributed by atoms with Crippen molar-refractivity contribution in [1.29, 1.82) is 0 Å². The van der Waals surface area contributed by atoms with Gasteiger partial charge < -0.3 is 10.1 Å². The number of benzene rings is 2. The Kier molecular flexibility index (Phi) is 4.49. The van der Waals surface area contributed by atoms with E-state index in [0.29, 0.717) is 22.1 Å². The highest BCUT2D eigenvalue weighted by molar-refractivity contribution is 6.33. The van der Waals surface area contributed by atoms with Gasteiger partial charge in [0.2, 0.25) is 0 Å². The second kappa shape index (κ2) is 6.89. The third kappa shape index (κ3) is 3.83. The number of halogens is 1. The normalized spacial score (nSPS) is 10.3. The summed E-state index contributed by atoms with van der Waals surface area (Å²) < 4.78 is 6.85. The van der Waals surface area contributed by atoms with E-state index in [-0.39, 0.29) is 12.5 Å². The number of carbonyl (C=O) groups is 1. The number of nitrogens with zero attached hydrogens (tertiary/aromatic N) is 4. The summed E-state index contributed by atoms with van der Waals surface area (Å²) >= 11 is 6.10. The Morgan fingerprint density at radius 3 is 2.78 bits per heavy atom. The highest BCUT2D eigenvalue weighted by Crippen LogP contribution is 2.24. The molecule has 3 rings (SSSR count). The Bertz CT molecular complexity index is 793. The standard InChI is InChI=1S/C15H12ClN5O2/c16-13-7-6-11(21-10-17-19-20-21)8-14(13)18-15(22)9-23-12-4-2-1-3-5-12/h1-8,10H,9H2,(H,18,22). The first-order chi connectivity index (χ1) is 11.2. The van der Waals surface area contributed by atoms with Gasteiger partial charge in [0.05, 0.1) is 16.4 Å². The number of hydrogen-bond donors (Lipinski definition) is 1. The fourth-order valence-corrected chi connectivity index (χ4v) is 2.05. The van der Waals surface area contributed by atoms with Gasteiger partial charge in [-0.05, 0) is 40.8 Å². The lowest BCUT2D eigenvalue weighted by Crippen LogP contribution is -2.20. The molecule has 0 saturated carbocycles. The number of carbonyl (C=O) groups excluding carboxylic acids is 1. The average molecular weight is 330 g/mol. The third-order valence-electron chi connectivity index (χ3n) is 2.95. The van der Waals surface area contributed by atoms with Crippen LogP contribution in [-0.2, 0) is 4.79 Å². The van der Waals surface area contributed by atoms with Gasteiger partial charge in [0.1, 0.15) is 12.1 Å². The monoisotopic (exact) mass is 329 g/mol. The van der Waals surface area contributed by atoms with Crippen molar-refractivity contribution in [2.45, 2.75) is 0 Å². The molecule has 116 valence electrons. The summed E-state index contributed by atoms with van der Waals surface area (Å²) in [6.07, 6.45) is 1.45. The predicted molar refractivity (Wildman–Crippen MR) is 84.7 cm³/mol. The number of ether oxygens (including phenoxy) is 1. The highest BCUT2D eigenvalue weighted by atomic mass is 35.5. The van der Waals surface area contributed by atoms with E-state index in [1.54, 1.807) is 30.3 Å². The van der Waals surface area contributed by atoms with Crippen LogP contribution >= 0.6 is 11.6 Å². The summed E-state index contributed by atoms with van der Waals surface area (Å²) in [6.45, 7) is -0.116. The number of rotatable bonds is 5. The van der Waals surface area contributed by atoms with Crippen molar-refractivity contribution in [2.24, 2.45) is 0 Å². The van der Waals surface area contributed by atoms with Crippen LogP contribution in [0.1, 0.15) is 0 Å². The van der Waals surface area contributed by atoms with Gasteiger partial charge in [0.25, 0.3) is 5.91 Å². The molecule has 0 atom stereocenters. The predicted octanol–water partition coefficient (Wildman–Crippen LogP) is 2.33. The molecule has 0 spiro atoms. The molecule has 2 aromatic carbocycles. The van der Waals surface area contributed by atoms with Crippen molar-refractivity contribution in [3.63, 3.8) is 0 Å². The van der Waals surface area contributed by atoms with Gasteiger partial charge in [-0.3, -0.25) is 4.79 Å². The minimum atomic E-state index is -0.315. The van der Waals surface area contributed by atoms with Crippen LogP contribution in [0.4, 0.5) is 5.69 Å². The van der Waals surface area contributed by atoms with Gasteiger partial charge >= 0.3 is 0 Å². The molecule has 0 bridgehead atoms. The second-order valence-electron chi connectivity index (χ2n) is 4.57. The molecule has 23 heavy (non-hydrogen) atoms. The van der Waals surface area contributed by atoms with Crippen LogP contribution in [0.15, 0.2) is 54.9 Å². The Balaban J connectivity index is 1.67. The zero-order valence-electron chi connectivity index (χ0n) is 11.9. The number of para-hydroxylation sites is 1. The van der Waals surface area contributed by atoms with Gasteiger partial charge in [0.15, 0.2) is 6.61 Å². The molecule has 7 nitrogen and oxygen atoms in total. The Hall–Kier alpha value is -2.93. The Labute approximate surface area is 136 Å². The summed E-state index contributed by atoms with van der Waals surface area (Å²) in [5, 5.41) is 14.0. The molecule has 1 aromatic heterocycles. The van der Waals surface area contributed by atoms with Crippen LogP contribution in [-0.4, -0.2) is 32.7 Å². The van der Waals surface area contributed by atoms with E-state index in [1.165, 1.54) is 11.0 Å². The van der Waals surface area contributed by atoms with Gasteiger partial charge in [0, 0.05) is 0 Å². The lowest BCUT2D eigenvalue weighted by Gasteiger charge is -2.10. The van der Waals surface area contributed by atoms with Crippen LogP contribution < -0.4 is 10.1 Å².